The topological polar surface area (TPSA) is 65.7 Å². The zero-order chi connectivity index (χ0) is 13.5. The van der Waals surface area contributed by atoms with E-state index < -0.39 is 0 Å². The second-order valence-corrected chi connectivity index (χ2v) is 4.08. The number of hydrogen-bond acceptors (Lipinski definition) is 5. The summed E-state index contributed by atoms with van der Waals surface area (Å²) in [5.74, 6) is 7.14. The van der Waals surface area contributed by atoms with Gasteiger partial charge in [0.15, 0.2) is 0 Å². The van der Waals surface area contributed by atoms with E-state index in [1.54, 1.807) is 21.3 Å². The highest BCUT2D eigenvalue weighted by Gasteiger charge is 2.21. The summed E-state index contributed by atoms with van der Waals surface area (Å²) in [5, 5.41) is 0. The van der Waals surface area contributed by atoms with Crippen molar-refractivity contribution in [2.75, 3.05) is 21.3 Å². The summed E-state index contributed by atoms with van der Waals surface area (Å²) in [7, 11) is 4.94. The van der Waals surface area contributed by atoms with Crippen molar-refractivity contribution in [3.63, 3.8) is 0 Å². The van der Waals surface area contributed by atoms with Crippen molar-refractivity contribution in [1.82, 2.24) is 5.43 Å². The van der Waals surface area contributed by atoms with Crippen LogP contribution >= 0.6 is 0 Å². The van der Waals surface area contributed by atoms with Crippen molar-refractivity contribution >= 4 is 0 Å². The summed E-state index contributed by atoms with van der Waals surface area (Å²) >= 11 is 0. The van der Waals surface area contributed by atoms with Crippen LogP contribution in [0, 0.1) is 0 Å². The van der Waals surface area contributed by atoms with E-state index in [0.717, 1.165) is 23.5 Å². The summed E-state index contributed by atoms with van der Waals surface area (Å²) < 4.78 is 16.0. The predicted octanol–water partition coefficient (Wildman–Crippen LogP) is 1.63. The van der Waals surface area contributed by atoms with E-state index >= 15 is 0 Å². The number of nitrogens with two attached hydrogens (primary N) is 1. The van der Waals surface area contributed by atoms with Crippen LogP contribution in [0.2, 0.25) is 0 Å². The molecule has 0 aliphatic heterocycles. The third kappa shape index (κ3) is 3.35. The van der Waals surface area contributed by atoms with Crippen LogP contribution in [0.15, 0.2) is 18.2 Å². The molecule has 1 rings (SSSR count). The van der Waals surface area contributed by atoms with Gasteiger partial charge in [0.2, 0.25) is 0 Å². The highest BCUT2D eigenvalue weighted by molar-refractivity contribution is 5.47. The quantitative estimate of drug-likeness (QED) is 0.572. The molecule has 18 heavy (non-hydrogen) atoms. The Labute approximate surface area is 108 Å². The van der Waals surface area contributed by atoms with Gasteiger partial charge in [-0.05, 0) is 25.5 Å². The van der Waals surface area contributed by atoms with Crippen molar-refractivity contribution < 1.29 is 14.2 Å². The Morgan fingerprint density at radius 1 is 1.17 bits per heavy atom. The summed E-state index contributed by atoms with van der Waals surface area (Å²) in [6.45, 7) is 1.99. The van der Waals surface area contributed by atoms with Crippen LogP contribution in [0.25, 0.3) is 0 Å². The molecule has 3 N–H and O–H groups in total. The predicted molar refractivity (Wildman–Crippen MR) is 70.7 cm³/mol. The first kappa shape index (κ1) is 14.8. The number of rotatable bonds is 7. The number of hydrogen-bond donors (Lipinski definition) is 2. The molecular weight excluding hydrogens is 232 g/mol. The Kier molecular flexibility index (Phi) is 5.91. The Morgan fingerprint density at radius 2 is 1.72 bits per heavy atom. The molecule has 0 spiro atoms. The minimum Gasteiger partial charge on any atom is -0.496 e. The summed E-state index contributed by atoms with van der Waals surface area (Å²) in [6.07, 6.45) is 0.810. The van der Waals surface area contributed by atoms with E-state index in [1.807, 2.05) is 25.1 Å². The van der Waals surface area contributed by atoms with E-state index in [2.05, 4.69) is 5.43 Å². The lowest BCUT2D eigenvalue weighted by Crippen LogP contribution is -2.31. The van der Waals surface area contributed by atoms with E-state index in [0.29, 0.717) is 0 Å². The second kappa shape index (κ2) is 7.20. The molecule has 0 heterocycles. The number of ether oxygens (including phenoxy) is 3. The summed E-state index contributed by atoms with van der Waals surface area (Å²) in [6, 6.07) is 5.57. The third-order valence-electron chi connectivity index (χ3n) is 2.99. The van der Waals surface area contributed by atoms with Crippen LogP contribution in [0.4, 0.5) is 0 Å². The monoisotopic (exact) mass is 254 g/mol. The SMILES string of the molecule is COc1cccc(OC)c1C(CC(C)OC)NN. The Bertz CT molecular complexity index is 349. The van der Waals surface area contributed by atoms with Crippen molar-refractivity contribution in [2.45, 2.75) is 25.5 Å². The molecule has 2 atom stereocenters. The van der Waals surface area contributed by atoms with Crippen LogP contribution in [-0.2, 0) is 4.74 Å². The molecule has 0 saturated carbocycles. The standard InChI is InChI=1S/C13H22N2O3/c1-9(16-2)8-10(15-14)13-11(17-3)6-5-7-12(13)18-4/h5-7,9-10,15H,8,14H2,1-4H3. The molecule has 1 aromatic carbocycles. The summed E-state index contributed by atoms with van der Waals surface area (Å²) in [4.78, 5) is 0. The molecule has 2 unspecified atom stereocenters. The zero-order valence-corrected chi connectivity index (χ0v) is 11.4. The number of methoxy groups -OCH3 is 3. The lowest BCUT2D eigenvalue weighted by atomic mass is 9.99. The van der Waals surface area contributed by atoms with Crippen molar-refractivity contribution in [2.24, 2.45) is 5.84 Å². The first-order valence-electron chi connectivity index (χ1n) is 5.87. The van der Waals surface area contributed by atoms with Crippen LogP contribution in [0.5, 0.6) is 11.5 Å². The molecule has 0 bridgehead atoms. The van der Waals surface area contributed by atoms with E-state index in [9.17, 15) is 0 Å². The fourth-order valence-electron chi connectivity index (χ4n) is 1.92. The molecule has 0 aromatic heterocycles. The van der Waals surface area contributed by atoms with Crippen molar-refractivity contribution in [1.29, 1.82) is 0 Å². The average molecular weight is 254 g/mol. The van der Waals surface area contributed by atoms with Gasteiger partial charge in [-0.1, -0.05) is 6.07 Å². The van der Waals surface area contributed by atoms with Gasteiger partial charge in [-0.3, -0.25) is 11.3 Å². The fraction of sp³-hybridized carbons (Fsp3) is 0.538. The van der Waals surface area contributed by atoms with Crippen LogP contribution in [-0.4, -0.2) is 27.4 Å². The van der Waals surface area contributed by atoms with Gasteiger partial charge in [0.05, 0.1) is 31.9 Å². The van der Waals surface area contributed by atoms with Gasteiger partial charge in [0.1, 0.15) is 11.5 Å². The number of nitrogens with one attached hydrogen (secondary N) is 1. The molecule has 5 heteroatoms. The number of hydrazine groups is 1. The molecule has 0 aliphatic rings. The van der Waals surface area contributed by atoms with Gasteiger partial charge in [-0.25, -0.2) is 0 Å². The Balaban J connectivity index is 3.09. The zero-order valence-electron chi connectivity index (χ0n) is 11.4. The van der Waals surface area contributed by atoms with Crippen molar-refractivity contribution in [3.05, 3.63) is 23.8 Å². The molecule has 0 fully saturated rings. The van der Waals surface area contributed by atoms with E-state index in [-0.39, 0.29) is 12.1 Å². The molecular formula is C13H22N2O3. The van der Waals surface area contributed by atoms with Crippen LogP contribution in [0.1, 0.15) is 24.9 Å². The maximum absolute atomic E-state index is 5.64. The fourth-order valence-corrected chi connectivity index (χ4v) is 1.92. The van der Waals surface area contributed by atoms with Gasteiger partial charge in [0, 0.05) is 7.11 Å². The smallest absolute Gasteiger partial charge is 0.127 e. The number of benzene rings is 1. The normalized spacial score (nSPS) is 14.1. The lowest BCUT2D eigenvalue weighted by molar-refractivity contribution is 0.0997. The van der Waals surface area contributed by atoms with Crippen LogP contribution in [0.3, 0.4) is 0 Å². The van der Waals surface area contributed by atoms with Crippen LogP contribution < -0.4 is 20.7 Å². The molecule has 0 saturated heterocycles. The minimum absolute atomic E-state index is 0.0840. The van der Waals surface area contributed by atoms with Gasteiger partial charge in [0.25, 0.3) is 0 Å². The molecule has 0 aliphatic carbocycles. The second-order valence-electron chi connectivity index (χ2n) is 4.08. The van der Waals surface area contributed by atoms with Gasteiger partial charge in [-0.15, -0.1) is 0 Å². The van der Waals surface area contributed by atoms with Gasteiger partial charge < -0.3 is 14.2 Å². The Morgan fingerprint density at radius 3 is 2.11 bits per heavy atom. The molecule has 1 aromatic rings. The molecule has 5 nitrogen and oxygen atoms in total. The molecule has 0 radical (unpaired) electrons. The third-order valence-corrected chi connectivity index (χ3v) is 2.99. The lowest BCUT2D eigenvalue weighted by Gasteiger charge is -2.23. The highest BCUT2D eigenvalue weighted by Crippen LogP contribution is 2.35. The minimum atomic E-state index is -0.0916. The van der Waals surface area contributed by atoms with E-state index in [4.69, 9.17) is 20.1 Å². The van der Waals surface area contributed by atoms with Crippen molar-refractivity contribution in [3.8, 4) is 11.5 Å². The Hall–Kier alpha value is -1.30. The highest BCUT2D eigenvalue weighted by atomic mass is 16.5. The van der Waals surface area contributed by atoms with E-state index in [1.165, 1.54) is 0 Å². The average Bonchev–Trinajstić information content (AvgIpc) is 2.43. The maximum Gasteiger partial charge on any atom is 0.127 e. The maximum atomic E-state index is 5.64. The van der Waals surface area contributed by atoms with Gasteiger partial charge >= 0.3 is 0 Å². The summed E-state index contributed by atoms with van der Waals surface area (Å²) in [5.41, 5.74) is 3.70. The molecule has 0 amide bonds. The largest absolute Gasteiger partial charge is 0.496 e. The molecule has 102 valence electrons. The first-order chi connectivity index (χ1) is 8.67. The van der Waals surface area contributed by atoms with Gasteiger partial charge in [-0.2, -0.15) is 0 Å². The first-order valence-corrected chi connectivity index (χ1v) is 5.87.